The van der Waals surface area contributed by atoms with Crippen molar-refractivity contribution in [1.82, 2.24) is 24.4 Å². The van der Waals surface area contributed by atoms with Gasteiger partial charge in [0.1, 0.15) is 12.4 Å². The Morgan fingerprint density at radius 3 is 2.49 bits per heavy atom. The predicted octanol–water partition coefficient (Wildman–Crippen LogP) is 4.31. The normalized spacial score (nSPS) is 16.7. The van der Waals surface area contributed by atoms with Crippen LogP contribution in [0.5, 0.6) is 0 Å². The van der Waals surface area contributed by atoms with Crippen molar-refractivity contribution >= 4 is 40.2 Å². The van der Waals surface area contributed by atoms with Crippen LogP contribution in [0.25, 0.3) is 22.0 Å². The van der Waals surface area contributed by atoms with Gasteiger partial charge in [-0.25, -0.2) is 14.4 Å². The summed E-state index contributed by atoms with van der Waals surface area (Å²) in [4.78, 5) is 32.9. The molecular weight excluding hydrogens is 513 g/mol. The lowest BCUT2D eigenvalue weighted by molar-refractivity contribution is -0.132. The van der Waals surface area contributed by atoms with Gasteiger partial charge < -0.3 is 19.3 Å². The van der Waals surface area contributed by atoms with Crippen LogP contribution in [0.15, 0.2) is 61.3 Å². The number of fused-ring (bicyclic) bond motifs is 1. The van der Waals surface area contributed by atoms with E-state index in [0.717, 1.165) is 59.6 Å². The van der Waals surface area contributed by atoms with Crippen molar-refractivity contribution < 1.29 is 9.18 Å². The molecule has 0 N–H and O–H groups in total. The summed E-state index contributed by atoms with van der Waals surface area (Å²) in [5.41, 5.74) is 3.45. The minimum atomic E-state index is -0.292. The van der Waals surface area contributed by atoms with Gasteiger partial charge in [-0.2, -0.15) is 11.8 Å². The van der Waals surface area contributed by atoms with Crippen LogP contribution in [0.3, 0.4) is 0 Å². The number of halogens is 1. The van der Waals surface area contributed by atoms with Crippen LogP contribution in [0.1, 0.15) is 12.8 Å². The molecule has 0 spiro atoms. The number of nitrogens with zero attached hydrogens (tertiary/aromatic N) is 7. The van der Waals surface area contributed by atoms with E-state index < -0.39 is 0 Å². The quantitative estimate of drug-likeness (QED) is 0.358. The molecule has 2 aliphatic heterocycles. The molecular formula is C29H32FN7OS. The largest absolute Gasteiger partial charge is 0.367 e. The van der Waals surface area contributed by atoms with Crippen molar-refractivity contribution in [2.75, 3.05) is 55.3 Å². The molecule has 5 heterocycles. The van der Waals surface area contributed by atoms with Crippen molar-refractivity contribution in [2.45, 2.75) is 24.6 Å². The van der Waals surface area contributed by atoms with E-state index in [9.17, 15) is 9.18 Å². The number of benzene rings is 1. The van der Waals surface area contributed by atoms with E-state index in [-0.39, 0.29) is 18.3 Å². The van der Waals surface area contributed by atoms with Gasteiger partial charge in [0.05, 0.1) is 11.7 Å². The van der Waals surface area contributed by atoms with E-state index in [1.54, 1.807) is 30.9 Å². The van der Waals surface area contributed by atoms with E-state index in [0.29, 0.717) is 31.4 Å². The summed E-state index contributed by atoms with van der Waals surface area (Å²) in [6.07, 6.45) is 13.5. The van der Waals surface area contributed by atoms with Gasteiger partial charge in [0, 0.05) is 91.5 Å². The number of carbonyl (C=O) groups is 1. The summed E-state index contributed by atoms with van der Waals surface area (Å²) in [6, 6.07) is 8.82. The molecule has 0 unspecified atom stereocenters. The van der Waals surface area contributed by atoms with Gasteiger partial charge in [0.2, 0.25) is 11.9 Å². The maximum absolute atomic E-state index is 14.4. The first-order valence-electron chi connectivity index (χ1n) is 13.4. The SMILES string of the molecule is CSC1CCN(c2ncc(-c3cc(F)ccc3N3CCN(C(=O)Cn4ccc5ccncc54)CC3)cn2)CC1. The number of anilines is 2. The molecule has 0 aliphatic carbocycles. The third-order valence-electron chi connectivity index (χ3n) is 7.82. The number of pyridine rings is 1. The third-order valence-corrected chi connectivity index (χ3v) is 8.96. The van der Waals surface area contributed by atoms with E-state index >= 15 is 0 Å². The summed E-state index contributed by atoms with van der Waals surface area (Å²) >= 11 is 1.93. The van der Waals surface area contributed by atoms with Crippen LogP contribution >= 0.6 is 11.8 Å². The summed E-state index contributed by atoms with van der Waals surface area (Å²) in [5.74, 6) is 0.523. The first-order chi connectivity index (χ1) is 19.1. The highest BCUT2D eigenvalue weighted by atomic mass is 32.2. The lowest BCUT2D eigenvalue weighted by atomic mass is 10.0. The van der Waals surface area contributed by atoms with Crippen molar-refractivity contribution in [3.05, 3.63) is 67.1 Å². The number of carbonyl (C=O) groups excluding carboxylic acids is 1. The second-order valence-electron chi connectivity index (χ2n) is 10.1. The van der Waals surface area contributed by atoms with Crippen LogP contribution in [-0.2, 0) is 11.3 Å². The highest BCUT2D eigenvalue weighted by molar-refractivity contribution is 7.99. The minimum Gasteiger partial charge on any atom is -0.367 e. The summed E-state index contributed by atoms with van der Waals surface area (Å²) in [7, 11) is 0. The zero-order valence-electron chi connectivity index (χ0n) is 22.0. The molecule has 8 nitrogen and oxygen atoms in total. The molecule has 0 bridgehead atoms. The average Bonchev–Trinajstić information content (AvgIpc) is 3.40. The fraction of sp³-hybridized carbons (Fsp3) is 0.379. The topological polar surface area (TPSA) is 70.4 Å². The standard InChI is InChI=1S/C29H32FN7OS/c1-39-24-6-10-36(11-7-24)29-32-17-22(18-33-29)25-16-23(30)2-3-26(25)34-12-14-35(15-13-34)28(38)20-37-9-5-21-4-8-31-19-27(21)37/h2-5,8-9,16-19,24H,6-7,10-15,20H2,1H3. The first kappa shape index (κ1) is 25.6. The van der Waals surface area contributed by atoms with Crippen LogP contribution in [-0.4, -0.2) is 81.1 Å². The highest BCUT2D eigenvalue weighted by Gasteiger charge is 2.25. The summed E-state index contributed by atoms with van der Waals surface area (Å²) in [5, 5.41) is 1.78. The number of hydrogen-bond donors (Lipinski definition) is 0. The Kier molecular flexibility index (Phi) is 7.36. The summed E-state index contributed by atoms with van der Waals surface area (Å²) in [6.45, 7) is 4.75. The number of aromatic nitrogens is 4. The van der Waals surface area contributed by atoms with Gasteiger partial charge in [-0.1, -0.05) is 0 Å². The number of rotatable bonds is 6. The monoisotopic (exact) mass is 545 g/mol. The molecule has 0 atom stereocenters. The van der Waals surface area contributed by atoms with E-state index in [2.05, 4.69) is 31.0 Å². The lowest BCUT2D eigenvalue weighted by Gasteiger charge is -2.37. The van der Waals surface area contributed by atoms with Gasteiger partial charge >= 0.3 is 0 Å². The van der Waals surface area contributed by atoms with Crippen molar-refractivity contribution in [3.8, 4) is 11.1 Å². The van der Waals surface area contributed by atoms with E-state index in [1.807, 2.05) is 45.6 Å². The Hall–Kier alpha value is -3.66. The Balaban J connectivity index is 1.13. The molecule has 2 saturated heterocycles. The molecule has 1 aromatic carbocycles. The summed E-state index contributed by atoms with van der Waals surface area (Å²) < 4.78 is 16.3. The second kappa shape index (κ2) is 11.2. The Morgan fingerprint density at radius 1 is 0.974 bits per heavy atom. The number of piperazine rings is 1. The fourth-order valence-corrected chi connectivity index (χ4v) is 6.22. The van der Waals surface area contributed by atoms with Crippen LogP contribution in [0.2, 0.25) is 0 Å². The third kappa shape index (κ3) is 5.43. The molecule has 2 fully saturated rings. The molecule has 202 valence electrons. The molecule has 0 radical (unpaired) electrons. The molecule has 4 aromatic rings. The Bertz CT molecular complexity index is 1440. The molecule has 1 amide bonds. The zero-order valence-corrected chi connectivity index (χ0v) is 22.9. The van der Waals surface area contributed by atoms with Gasteiger partial charge in [-0.05, 0) is 49.4 Å². The van der Waals surface area contributed by atoms with Crippen molar-refractivity contribution in [3.63, 3.8) is 0 Å². The minimum absolute atomic E-state index is 0.0842. The highest BCUT2D eigenvalue weighted by Crippen LogP contribution is 2.33. The smallest absolute Gasteiger partial charge is 0.242 e. The first-order valence-corrected chi connectivity index (χ1v) is 14.7. The van der Waals surface area contributed by atoms with Gasteiger partial charge in [0.15, 0.2) is 0 Å². The molecule has 0 saturated carbocycles. The maximum atomic E-state index is 14.4. The van der Waals surface area contributed by atoms with Crippen LogP contribution in [0, 0.1) is 5.82 Å². The average molecular weight is 546 g/mol. The van der Waals surface area contributed by atoms with Crippen molar-refractivity contribution in [2.24, 2.45) is 0 Å². The maximum Gasteiger partial charge on any atom is 0.242 e. The van der Waals surface area contributed by atoms with Crippen molar-refractivity contribution in [1.29, 1.82) is 0 Å². The fourth-order valence-electron chi connectivity index (χ4n) is 5.54. The van der Waals surface area contributed by atoms with Gasteiger partial charge in [-0.15, -0.1) is 0 Å². The molecule has 10 heteroatoms. The van der Waals surface area contributed by atoms with E-state index in [1.165, 1.54) is 6.07 Å². The number of amides is 1. The molecule has 3 aromatic heterocycles. The van der Waals surface area contributed by atoms with E-state index in [4.69, 9.17) is 0 Å². The second-order valence-corrected chi connectivity index (χ2v) is 11.2. The number of thioether (sulfide) groups is 1. The Labute approximate surface area is 231 Å². The predicted molar refractivity (Wildman–Crippen MR) is 155 cm³/mol. The lowest BCUT2D eigenvalue weighted by Crippen LogP contribution is -2.49. The Morgan fingerprint density at radius 2 is 1.74 bits per heavy atom. The number of piperidine rings is 1. The molecule has 6 rings (SSSR count). The number of hydrogen-bond acceptors (Lipinski definition) is 7. The van der Waals surface area contributed by atoms with Gasteiger partial charge in [0.25, 0.3) is 0 Å². The van der Waals surface area contributed by atoms with Crippen LogP contribution in [0.4, 0.5) is 16.0 Å². The molecule has 39 heavy (non-hydrogen) atoms. The zero-order chi connectivity index (χ0) is 26.8. The van der Waals surface area contributed by atoms with Crippen LogP contribution < -0.4 is 9.80 Å². The molecule has 2 aliphatic rings. The van der Waals surface area contributed by atoms with Gasteiger partial charge in [-0.3, -0.25) is 9.78 Å².